The number of fused-ring (bicyclic) bond motifs is 1. The monoisotopic (exact) mass is 462 g/mol. The van der Waals surface area contributed by atoms with Gasteiger partial charge in [-0.25, -0.2) is 9.29 Å². The van der Waals surface area contributed by atoms with Gasteiger partial charge in [0.2, 0.25) is 0 Å². The van der Waals surface area contributed by atoms with E-state index < -0.39 is 0 Å². The van der Waals surface area contributed by atoms with Gasteiger partial charge in [0.1, 0.15) is 5.82 Å². The van der Waals surface area contributed by atoms with Crippen LogP contribution in [0.4, 0.5) is 14.9 Å². The lowest BCUT2D eigenvalue weighted by atomic mass is 10.1. The van der Waals surface area contributed by atoms with Gasteiger partial charge < -0.3 is 4.57 Å². The number of amides is 2. The summed E-state index contributed by atoms with van der Waals surface area (Å²) in [5.74, 6) is -0.649. The lowest BCUT2D eigenvalue weighted by Crippen LogP contribution is -2.27. The van der Waals surface area contributed by atoms with Crippen molar-refractivity contribution in [3.8, 4) is 0 Å². The predicted molar refractivity (Wildman–Crippen MR) is 127 cm³/mol. The van der Waals surface area contributed by atoms with E-state index in [0.717, 1.165) is 33.1 Å². The van der Waals surface area contributed by atoms with Gasteiger partial charge in [-0.3, -0.25) is 9.59 Å². The molecular weight excluding hydrogens is 447 g/mol. The first-order valence-corrected chi connectivity index (χ1v) is 11.1. The SMILES string of the molecule is O=C1S/C(=C/c2cn(Cc3ccccc3F)c3ccccc23)C(=O)N1c1ccc(Cl)cc1. The summed E-state index contributed by atoms with van der Waals surface area (Å²) in [5, 5.41) is 1.08. The molecule has 0 unspecified atom stereocenters. The number of carbonyl (C=O) groups excluding carboxylic acids is 2. The third kappa shape index (κ3) is 3.72. The molecule has 0 bridgehead atoms. The minimum Gasteiger partial charge on any atom is -0.342 e. The number of thioether (sulfide) groups is 1. The number of carbonyl (C=O) groups is 2. The van der Waals surface area contributed by atoms with Crippen molar-refractivity contribution in [3.63, 3.8) is 0 Å². The van der Waals surface area contributed by atoms with Crippen LogP contribution in [0.15, 0.2) is 83.9 Å². The lowest BCUT2D eigenvalue weighted by molar-refractivity contribution is -0.113. The molecule has 1 fully saturated rings. The zero-order valence-electron chi connectivity index (χ0n) is 16.7. The van der Waals surface area contributed by atoms with Crippen LogP contribution in [0.3, 0.4) is 0 Å². The lowest BCUT2D eigenvalue weighted by Gasteiger charge is -2.12. The number of benzene rings is 3. The van der Waals surface area contributed by atoms with E-state index >= 15 is 0 Å². The van der Waals surface area contributed by atoms with E-state index in [4.69, 9.17) is 11.6 Å². The van der Waals surface area contributed by atoms with Gasteiger partial charge in [-0.2, -0.15) is 0 Å². The average Bonchev–Trinajstić information content (AvgIpc) is 3.27. The fraction of sp³-hybridized carbons (Fsp3) is 0.0400. The molecule has 2 heterocycles. The number of hydrogen-bond acceptors (Lipinski definition) is 3. The molecule has 0 N–H and O–H groups in total. The van der Waals surface area contributed by atoms with Gasteiger partial charge in [-0.05, 0) is 54.2 Å². The highest BCUT2D eigenvalue weighted by atomic mass is 35.5. The Bertz CT molecular complexity index is 1390. The van der Waals surface area contributed by atoms with E-state index in [9.17, 15) is 14.0 Å². The third-order valence-corrected chi connectivity index (χ3v) is 6.40. The molecule has 7 heteroatoms. The molecule has 0 spiro atoms. The summed E-state index contributed by atoms with van der Waals surface area (Å²) >= 11 is 6.82. The van der Waals surface area contributed by atoms with Crippen LogP contribution < -0.4 is 4.90 Å². The van der Waals surface area contributed by atoms with Gasteiger partial charge in [0, 0.05) is 33.2 Å². The summed E-state index contributed by atoms with van der Waals surface area (Å²) in [5.41, 5.74) is 2.75. The van der Waals surface area contributed by atoms with Gasteiger partial charge >= 0.3 is 0 Å². The van der Waals surface area contributed by atoms with Crippen LogP contribution >= 0.6 is 23.4 Å². The first kappa shape index (κ1) is 20.5. The molecule has 4 nitrogen and oxygen atoms in total. The Hall–Kier alpha value is -3.35. The van der Waals surface area contributed by atoms with E-state index in [1.807, 2.05) is 35.0 Å². The average molecular weight is 463 g/mol. The zero-order chi connectivity index (χ0) is 22.2. The minimum atomic E-state index is -0.381. The molecule has 0 atom stereocenters. The van der Waals surface area contributed by atoms with E-state index in [1.165, 1.54) is 6.07 Å². The number of para-hydroxylation sites is 1. The van der Waals surface area contributed by atoms with E-state index in [1.54, 1.807) is 48.5 Å². The van der Waals surface area contributed by atoms with E-state index in [-0.39, 0.29) is 17.0 Å². The van der Waals surface area contributed by atoms with Crippen LogP contribution in [0.2, 0.25) is 5.02 Å². The Morgan fingerprint density at radius 2 is 1.66 bits per heavy atom. The standard InChI is InChI=1S/C25H16ClFN2O2S/c26-18-9-11-19(12-10-18)29-24(30)23(32-25(29)31)13-17-15-28(22-8-4-2-6-20(17)22)14-16-5-1-3-7-21(16)27/h1-13,15H,14H2/b23-13+. The quantitative estimate of drug-likeness (QED) is 0.316. The number of rotatable bonds is 4. The Labute approximate surface area is 192 Å². The van der Waals surface area contributed by atoms with Crippen LogP contribution in [0.25, 0.3) is 17.0 Å². The number of aromatic nitrogens is 1. The number of halogens is 2. The van der Waals surface area contributed by atoms with E-state index in [0.29, 0.717) is 27.7 Å². The summed E-state index contributed by atoms with van der Waals surface area (Å²) in [6.07, 6.45) is 3.61. The molecule has 0 aliphatic carbocycles. The van der Waals surface area contributed by atoms with Crippen LogP contribution in [0.5, 0.6) is 0 Å². The second-order valence-corrected chi connectivity index (χ2v) is 8.74. The molecule has 1 saturated heterocycles. The van der Waals surface area contributed by atoms with Crippen molar-refractivity contribution in [2.45, 2.75) is 6.54 Å². The molecular formula is C25H16ClFN2O2S. The fourth-order valence-corrected chi connectivity index (χ4v) is 4.71. The second kappa shape index (κ2) is 8.30. The molecule has 5 rings (SSSR count). The van der Waals surface area contributed by atoms with Crippen molar-refractivity contribution in [1.29, 1.82) is 0 Å². The van der Waals surface area contributed by atoms with Gasteiger partial charge in [0.15, 0.2) is 0 Å². The summed E-state index contributed by atoms with van der Waals surface area (Å²) in [6, 6.07) is 20.9. The first-order valence-electron chi connectivity index (χ1n) is 9.86. The largest absolute Gasteiger partial charge is 0.342 e. The maximum absolute atomic E-state index is 14.2. The zero-order valence-corrected chi connectivity index (χ0v) is 18.2. The Morgan fingerprint density at radius 1 is 0.938 bits per heavy atom. The van der Waals surface area contributed by atoms with Crippen LogP contribution in [-0.4, -0.2) is 15.7 Å². The summed E-state index contributed by atoms with van der Waals surface area (Å²) in [6.45, 7) is 0.354. The molecule has 4 aromatic rings. The predicted octanol–water partition coefficient (Wildman–Crippen LogP) is 6.72. The smallest absolute Gasteiger partial charge is 0.298 e. The van der Waals surface area contributed by atoms with Crippen LogP contribution in [0.1, 0.15) is 11.1 Å². The molecule has 1 aliphatic rings. The highest BCUT2D eigenvalue weighted by Crippen LogP contribution is 2.37. The maximum Gasteiger partial charge on any atom is 0.298 e. The highest BCUT2D eigenvalue weighted by Gasteiger charge is 2.36. The number of nitrogens with zero attached hydrogens (tertiary/aromatic N) is 2. The maximum atomic E-state index is 14.2. The van der Waals surface area contributed by atoms with Crippen molar-refractivity contribution in [1.82, 2.24) is 4.57 Å². The minimum absolute atomic E-state index is 0.268. The van der Waals surface area contributed by atoms with Crippen molar-refractivity contribution in [3.05, 3.63) is 106 Å². The molecule has 0 saturated carbocycles. The van der Waals surface area contributed by atoms with E-state index in [2.05, 4.69) is 0 Å². The Balaban J connectivity index is 1.53. The Kier molecular flexibility index (Phi) is 5.33. The second-order valence-electron chi connectivity index (χ2n) is 7.31. The fourth-order valence-electron chi connectivity index (χ4n) is 3.75. The van der Waals surface area contributed by atoms with Gasteiger partial charge in [-0.15, -0.1) is 0 Å². The van der Waals surface area contributed by atoms with Gasteiger partial charge in [0.25, 0.3) is 11.1 Å². The molecule has 32 heavy (non-hydrogen) atoms. The number of hydrogen-bond donors (Lipinski definition) is 0. The molecule has 1 aliphatic heterocycles. The van der Waals surface area contributed by atoms with Crippen LogP contribution in [0, 0.1) is 5.82 Å². The molecule has 1 aromatic heterocycles. The normalized spacial score (nSPS) is 15.3. The summed E-state index contributed by atoms with van der Waals surface area (Å²) in [7, 11) is 0. The van der Waals surface area contributed by atoms with Gasteiger partial charge in [0.05, 0.1) is 17.1 Å². The number of imide groups is 1. The van der Waals surface area contributed by atoms with Crippen molar-refractivity contribution >= 4 is 57.2 Å². The molecule has 0 radical (unpaired) electrons. The first-order chi connectivity index (χ1) is 15.5. The number of anilines is 1. The molecule has 158 valence electrons. The topological polar surface area (TPSA) is 42.3 Å². The van der Waals surface area contributed by atoms with Crippen molar-refractivity contribution < 1.29 is 14.0 Å². The van der Waals surface area contributed by atoms with Gasteiger partial charge in [-0.1, -0.05) is 48.0 Å². The Morgan fingerprint density at radius 3 is 2.44 bits per heavy atom. The molecule has 2 amide bonds. The third-order valence-electron chi connectivity index (χ3n) is 5.28. The summed E-state index contributed by atoms with van der Waals surface area (Å²) < 4.78 is 16.2. The van der Waals surface area contributed by atoms with Crippen molar-refractivity contribution in [2.75, 3.05) is 4.90 Å². The highest BCUT2D eigenvalue weighted by molar-refractivity contribution is 8.19. The van der Waals surface area contributed by atoms with Crippen molar-refractivity contribution in [2.24, 2.45) is 0 Å². The van der Waals surface area contributed by atoms with Crippen LogP contribution in [-0.2, 0) is 11.3 Å². The molecule has 3 aromatic carbocycles. The summed E-state index contributed by atoms with van der Waals surface area (Å²) in [4.78, 5) is 27.1.